The topological polar surface area (TPSA) is 38.7 Å². The van der Waals surface area contributed by atoms with Crippen LogP contribution in [0.2, 0.25) is 0 Å². The molecule has 3 nitrogen and oxygen atoms in total. The van der Waals surface area contributed by atoms with E-state index in [0.717, 1.165) is 39.3 Å². The molecule has 0 saturated heterocycles. The van der Waals surface area contributed by atoms with Gasteiger partial charge in [0.1, 0.15) is 0 Å². The number of benzene rings is 6. The van der Waals surface area contributed by atoms with Gasteiger partial charge in [-0.2, -0.15) is 0 Å². The Balaban J connectivity index is 1.18. The van der Waals surface area contributed by atoms with Gasteiger partial charge < -0.3 is 0 Å². The molecule has 0 saturated carbocycles. The molecule has 0 radical (unpaired) electrons. The van der Waals surface area contributed by atoms with Crippen molar-refractivity contribution in [2.24, 2.45) is 0 Å². The van der Waals surface area contributed by atoms with E-state index in [2.05, 4.69) is 151 Å². The Hall–Kier alpha value is -6.45. The summed E-state index contributed by atoms with van der Waals surface area (Å²) in [5.41, 5.74) is 16.9. The number of hydrogen-bond donors (Lipinski definition) is 0. The van der Waals surface area contributed by atoms with E-state index in [1.165, 1.54) is 44.5 Å². The summed E-state index contributed by atoms with van der Waals surface area (Å²) in [6.45, 7) is 0. The lowest BCUT2D eigenvalue weighted by Crippen LogP contribution is -2.25. The summed E-state index contributed by atoms with van der Waals surface area (Å²) < 4.78 is 0. The van der Waals surface area contributed by atoms with Gasteiger partial charge >= 0.3 is 0 Å². The second-order valence-corrected chi connectivity index (χ2v) is 12.8. The molecule has 6 aromatic carbocycles. The van der Waals surface area contributed by atoms with Gasteiger partial charge in [-0.1, -0.05) is 146 Å². The Bertz CT molecular complexity index is 2470. The summed E-state index contributed by atoms with van der Waals surface area (Å²) in [5.74, 6) is 0.693. The predicted molar refractivity (Wildman–Crippen MR) is 198 cm³/mol. The molecule has 0 bridgehead atoms. The summed E-state index contributed by atoms with van der Waals surface area (Å²) in [7, 11) is 0. The molecular formula is C46H29N3. The first-order valence-corrected chi connectivity index (χ1v) is 16.7. The fourth-order valence-corrected chi connectivity index (χ4v) is 8.06. The van der Waals surface area contributed by atoms with E-state index in [0.29, 0.717) is 5.82 Å². The minimum atomic E-state index is -0.408. The zero-order valence-corrected chi connectivity index (χ0v) is 26.6. The molecule has 3 heteroatoms. The summed E-state index contributed by atoms with van der Waals surface area (Å²) in [6.07, 6.45) is 1.82. The third kappa shape index (κ3) is 4.12. The standard InChI is InChI=1S/C46H29N3/c1-2-12-30(13-3-1)43-29-44(49-45(48-43)32-23-21-31(22-24-32)42-20-10-11-27-47-42)33-25-26-37-36-16-6-9-19-40(36)46(41(37)28-33)38-17-7-4-14-34(38)35-15-5-8-18-39(35)46/h1-29H. The highest BCUT2D eigenvalue weighted by atomic mass is 14.9. The second-order valence-electron chi connectivity index (χ2n) is 12.8. The first-order valence-electron chi connectivity index (χ1n) is 16.7. The number of rotatable bonds is 4. The maximum atomic E-state index is 5.25. The molecule has 228 valence electrons. The van der Waals surface area contributed by atoms with E-state index in [1.807, 2.05) is 30.5 Å². The average molecular weight is 624 g/mol. The molecule has 0 atom stereocenters. The van der Waals surface area contributed by atoms with Crippen molar-refractivity contribution in [1.29, 1.82) is 0 Å². The summed E-state index contributed by atoms with van der Waals surface area (Å²) >= 11 is 0. The van der Waals surface area contributed by atoms with Crippen molar-refractivity contribution in [3.63, 3.8) is 0 Å². The van der Waals surface area contributed by atoms with Crippen molar-refractivity contribution in [3.05, 3.63) is 198 Å². The molecule has 8 aromatic rings. The fraction of sp³-hybridized carbons (Fsp3) is 0.0217. The molecule has 2 aromatic heterocycles. The lowest BCUT2D eigenvalue weighted by Gasteiger charge is -2.30. The van der Waals surface area contributed by atoms with Gasteiger partial charge in [0.15, 0.2) is 5.82 Å². The quantitative estimate of drug-likeness (QED) is 0.196. The van der Waals surface area contributed by atoms with Crippen LogP contribution in [0.1, 0.15) is 22.3 Å². The van der Waals surface area contributed by atoms with Crippen LogP contribution in [-0.4, -0.2) is 15.0 Å². The van der Waals surface area contributed by atoms with Crippen molar-refractivity contribution in [1.82, 2.24) is 15.0 Å². The SMILES string of the molecule is c1ccc(-c2cc(-c3ccc4c(c3)C3(c5ccccc5-c5ccccc53)c3ccccc3-4)nc(-c3ccc(-c4ccccn4)cc3)n2)cc1. The fourth-order valence-electron chi connectivity index (χ4n) is 8.06. The van der Waals surface area contributed by atoms with Crippen LogP contribution in [0.5, 0.6) is 0 Å². The molecular weight excluding hydrogens is 595 g/mol. The van der Waals surface area contributed by atoms with E-state index in [4.69, 9.17) is 9.97 Å². The van der Waals surface area contributed by atoms with Crippen LogP contribution in [0.25, 0.3) is 67.4 Å². The van der Waals surface area contributed by atoms with Gasteiger partial charge in [-0.05, 0) is 68.8 Å². The zero-order chi connectivity index (χ0) is 32.4. The number of nitrogens with zero attached hydrogens (tertiary/aromatic N) is 3. The third-order valence-electron chi connectivity index (χ3n) is 10.2. The Morgan fingerprint density at radius 2 is 0.816 bits per heavy atom. The lowest BCUT2D eigenvalue weighted by molar-refractivity contribution is 0.794. The lowest BCUT2D eigenvalue weighted by atomic mass is 9.70. The minimum Gasteiger partial charge on any atom is -0.256 e. The van der Waals surface area contributed by atoms with E-state index < -0.39 is 5.41 Å². The van der Waals surface area contributed by atoms with E-state index in [9.17, 15) is 0 Å². The second kappa shape index (κ2) is 10.8. The molecule has 2 aliphatic rings. The maximum absolute atomic E-state index is 5.25. The molecule has 0 aliphatic heterocycles. The van der Waals surface area contributed by atoms with Crippen molar-refractivity contribution in [2.45, 2.75) is 5.41 Å². The Kier molecular flexibility index (Phi) is 6.09. The van der Waals surface area contributed by atoms with Crippen molar-refractivity contribution >= 4 is 0 Å². The molecule has 10 rings (SSSR count). The van der Waals surface area contributed by atoms with Gasteiger partial charge in [-0.3, -0.25) is 4.98 Å². The van der Waals surface area contributed by atoms with Crippen LogP contribution in [0.4, 0.5) is 0 Å². The van der Waals surface area contributed by atoms with Crippen LogP contribution < -0.4 is 0 Å². The van der Waals surface area contributed by atoms with E-state index >= 15 is 0 Å². The van der Waals surface area contributed by atoms with E-state index in [-0.39, 0.29) is 0 Å². The largest absolute Gasteiger partial charge is 0.256 e. The van der Waals surface area contributed by atoms with Crippen LogP contribution >= 0.6 is 0 Å². The highest BCUT2D eigenvalue weighted by Gasteiger charge is 2.51. The Labute approximate surface area is 285 Å². The third-order valence-corrected chi connectivity index (χ3v) is 10.2. The smallest absolute Gasteiger partial charge is 0.160 e. The molecule has 49 heavy (non-hydrogen) atoms. The number of fused-ring (bicyclic) bond motifs is 10. The van der Waals surface area contributed by atoms with Crippen LogP contribution in [0.3, 0.4) is 0 Å². The molecule has 0 fully saturated rings. The minimum absolute atomic E-state index is 0.408. The van der Waals surface area contributed by atoms with Gasteiger partial charge in [0, 0.05) is 28.5 Å². The number of pyridine rings is 1. The number of hydrogen-bond acceptors (Lipinski definition) is 3. The van der Waals surface area contributed by atoms with Crippen LogP contribution in [-0.2, 0) is 5.41 Å². The van der Waals surface area contributed by atoms with Crippen molar-refractivity contribution in [2.75, 3.05) is 0 Å². The van der Waals surface area contributed by atoms with E-state index in [1.54, 1.807) is 0 Å². The molecule has 0 amide bonds. The molecule has 2 aliphatic carbocycles. The van der Waals surface area contributed by atoms with Gasteiger partial charge in [0.05, 0.1) is 22.5 Å². The summed E-state index contributed by atoms with van der Waals surface area (Å²) in [4.78, 5) is 14.9. The molecule has 0 N–H and O–H groups in total. The zero-order valence-electron chi connectivity index (χ0n) is 26.6. The highest BCUT2D eigenvalue weighted by molar-refractivity contribution is 5.95. The monoisotopic (exact) mass is 623 g/mol. The number of aromatic nitrogens is 3. The summed E-state index contributed by atoms with van der Waals surface area (Å²) in [5, 5.41) is 0. The average Bonchev–Trinajstić information content (AvgIpc) is 3.66. The van der Waals surface area contributed by atoms with Crippen molar-refractivity contribution in [3.8, 4) is 67.4 Å². The maximum Gasteiger partial charge on any atom is 0.160 e. The Morgan fingerprint density at radius 3 is 1.43 bits per heavy atom. The normalized spacial score (nSPS) is 13.1. The predicted octanol–water partition coefficient (Wildman–Crippen LogP) is 10.9. The first kappa shape index (κ1) is 27.6. The molecule has 0 unspecified atom stereocenters. The van der Waals surface area contributed by atoms with Gasteiger partial charge in [0.2, 0.25) is 0 Å². The van der Waals surface area contributed by atoms with Gasteiger partial charge in [-0.25, -0.2) is 9.97 Å². The Morgan fingerprint density at radius 1 is 0.327 bits per heavy atom. The van der Waals surface area contributed by atoms with Crippen LogP contribution in [0.15, 0.2) is 176 Å². The molecule has 2 heterocycles. The van der Waals surface area contributed by atoms with Gasteiger partial charge in [-0.15, -0.1) is 0 Å². The first-order chi connectivity index (χ1) is 24.3. The van der Waals surface area contributed by atoms with Crippen LogP contribution in [0, 0.1) is 0 Å². The van der Waals surface area contributed by atoms with Crippen molar-refractivity contribution < 1.29 is 0 Å². The molecule has 1 spiro atoms. The highest BCUT2D eigenvalue weighted by Crippen LogP contribution is 2.63. The summed E-state index contributed by atoms with van der Waals surface area (Å²) in [6, 6.07) is 60.6. The van der Waals surface area contributed by atoms with Gasteiger partial charge in [0.25, 0.3) is 0 Å².